The number of rotatable bonds is 8. The van der Waals surface area contributed by atoms with Gasteiger partial charge in [-0.05, 0) is 56.2 Å². The first-order valence-corrected chi connectivity index (χ1v) is 11.7. The molecule has 0 aliphatic heterocycles. The number of hydrogen-bond donors (Lipinski definition) is 1. The third-order valence-corrected chi connectivity index (χ3v) is 6.85. The molecule has 0 fully saturated rings. The van der Waals surface area contributed by atoms with E-state index in [1.807, 2.05) is 51.1 Å². The van der Waals surface area contributed by atoms with Gasteiger partial charge in [-0.1, -0.05) is 53.6 Å². The Hall–Kier alpha value is -3.32. The Bertz CT molecular complexity index is 1200. The number of sulfonamides is 1. The van der Waals surface area contributed by atoms with Gasteiger partial charge in [-0.25, -0.2) is 8.42 Å². The average molecular weight is 453 g/mol. The fourth-order valence-electron chi connectivity index (χ4n) is 3.34. The van der Waals surface area contributed by atoms with E-state index >= 15 is 0 Å². The van der Waals surface area contributed by atoms with Gasteiger partial charge >= 0.3 is 0 Å². The molecule has 0 radical (unpaired) electrons. The summed E-state index contributed by atoms with van der Waals surface area (Å²) in [6.45, 7) is 5.66. The van der Waals surface area contributed by atoms with Crippen molar-refractivity contribution in [3.8, 4) is 5.75 Å². The molecule has 32 heavy (non-hydrogen) atoms. The number of aryl methyl sites for hydroxylation is 3. The SMILES string of the molecule is COc1ccc(C)cc1N(CC(=O)NCc1cccc(C)c1)S(=O)(=O)c1ccc(C)cc1. The van der Waals surface area contributed by atoms with E-state index in [0.29, 0.717) is 18.0 Å². The molecule has 0 aliphatic carbocycles. The second kappa shape index (κ2) is 9.87. The number of carbonyl (C=O) groups excluding carboxylic acids is 1. The molecule has 0 aromatic heterocycles. The lowest BCUT2D eigenvalue weighted by atomic mass is 10.1. The number of ether oxygens (including phenoxy) is 1. The fraction of sp³-hybridized carbons (Fsp3) is 0.240. The van der Waals surface area contributed by atoms with E-state index in [-0.39, 0.29) is 11.4 Å². The van der Waals surface area contributed by atoms with Crippen LogP contribution in [-0.4, -0.2) is 28.0 Å². The third-order valence-electron chi connectivity index (χ3n) is 5.07. The molecule has 0 atom stereocenters. The maximum Gasteiger partial charge on any atom is 0.264 e. The molecule has 168 valence electrons. The largest absolute Gasteiger partial charge is 0.495 e. The van der Waals surface area contributed by atoms with Crippen molar-refractivity contribution in [3.63, 3.8) is 0 Å². The van der Waals surface area contributed by atoms with Gasteiger partial charge in [0.2, 0.25) is 5.91 Å². The first kappa shape index (κ1) is 23.3. The van der Waals surface area contributed by atoms with Gasteiger partial charge in [-0.2, -0.15) is 0 Å². The Balaban J connectivity index is 1.94. The van der Waals surface area contributed by atoms with Crippen molar-refractivity contribution in [1.29, 1.82) is 0 Å². The number of benzene rings is 3. The van der Waals surface area contributed by atoms with Crippen LogP contribution in [-0.2, 0) is 21.4 Å². The van der Waals surface area contributed by atoms with E-state index in [1.165, 1.54) is 7.11 Å². The molecule has 1 amide bonds. The predicted octanol–water partition coefficient (Wildman–Crippen LogP) is 4.13. The van der Waals surface area contributed by atoms with Crippen molar-refractivity contribution in [2.24, 2.45) is 0 Å². The van der Waals surface area contributed by atoms with Gasteiger partial charge in [0.05, 0.1) is 17.7 Å². The van der Waals surface area contributed by atoms with Crippen LogP contribution in [0.3, 0.4) is 0 Å². The van der Waals surface area contributed by atoms with Crippen LogP contribution in [0.1, 0.15) is 22.3 Å². The lowest BCUT2D eigenvalue weighted by Gasteiger charge is -2.26. The lowest BCUT2D eigenvalue weighted by molar-refractivity contribution is -0.119. The lowest BCUT2D eigenvalue weighted by Crippen LogP contribution is -2.41. The number of methoxy groups -OCH3 is 1. The summed E-state index contributed by atoms with van der Waals surface area (Å²) in [6, 6.07) is 19.6. The zero-order valence-electron chi connectivity index (χ0n) is 18.8. The molecule has 0 spiro atoms. The predicted molar refractivity (Wildman–Crippen MR) is 126 cm³/mol. The Labute approximate surface area is 189 Å². The summed E-state index contributed by atoms with van der Waals surface area (Å²) in [5, 5.41) is 2.83. The van der Waals surface area contributed by atoms with Crippen LogP contribution >= 0.6 is 0 Å². The van der Waals surface area contributed by atoms with Crippen LogP contribution in [0.15, 0.2) is 71.6 Å². The van der Waals surface area contributed by atoms with E-state index in [1.54, 1.807) is 36.4 Å². The highest BCUT2D eigenvalue weighted by Gasteiger charge is 2.29. The van der Waals surface area contributed by atoms with Crippen LogP contribution in [0, 0.1) is 20.8 Å². The molecule has 0 heterocycles. The summed E-state index contributed by atoms with van der Waals surface area (Å²) in [4.78, 5) is 13.0. The number of hydrogen-bond acceptors (Lipinski definition) is 4. The maximum absolute atomic E-state index is 13.6. The summed E-state index contributed by atoms with van der Waals surface area (Å²) in [5.74, 6) is -0.0384. The molecule has 3 rings (SSSR count). The van der Waals surface area contributed by atoms with Gasteiger partial charge in [0.25, 0.3) is 10.0 Å². The van der Waals surface area contributed by atoms with Gasteiger partial charge in [0.1, 0.15) is 12.3 Å². The minimum absolute atomic E-state index is 0.109. The number of nitrogens with zero attached hydrogens (tertiary/aromatic N) is 1. The van der Waals surface area contributed by atoms with Gasteiger partial charge < -0.3 is 10.1 Å². The monoisotopic (exact) mass is 452 g/mol. The number of amides is 1. The van der Waals surface area contributed by atoms with Crippen LogP contribution in [0.5, 0.6) is 5.75 Å². The Morgan fingerprint density at radius 1 is 0.906 bits per heavy atom. The highest BCUT2D eigenvalue weighted by molar-refractivity contribution is 7.92. The molecule has 6 nitrogen and oxygen atoms in total. The first-order chi connectivity index (χ1) is 15.2. The standard InChI is InChI=1S/C25H28N2O4S/c1-18-8-11-22(12-9-18)32(29,30)27(23-15-20(3)10-13-24(23)31-4)17-25(28)26-16-21-7-5-6-19(2)14-21/h5-15H,16-17H2,1-4H3,(H,26,28). The van der Waals surface area contributed by atoms with Crippen molar-refractivity contribution in [2.75, 3.05) is 18.0 Å². The maximum atomic E-state index is 13.6. The molecule has 7 heteroatoms. The smallest absolute Gasteiger partial charge is 0.264 e. The highest BCUT2D eigenvalue weighted by Crippen LogP contribution is 2.33. The third kappa shape index (κ3) is 5.48. The molecule has 3 aromatic carbocycles. The summed E-state index contributed by atoms with van der Waals surface area (Å²) < 4.78 is 33.7. The van der Waals surface area contributed by atoms with E-state index in [4.69, 9.17) is 4.74 Å². The molecule has 0 unspecified atom stereocenters. The van der Waals surface area contributed by atoms with Crippen molar-refractivity contribution in [3.05, 3.63) is 89.0 Å². The van der Waals surface area contributed by atoms with Gasteiger partial charge in [0.15, 0.2) is 0 Å². The van der Waals surface area contributed by atoms with Crippen molar-refractivity contribution < 1.29 is 17.9 Å². The normalized spacial score (nSPS) is 11.1. The second-order valence-electron chi connectivity index (χ2n) is 7.77. The minimum Gasteiger partial charge on any atom is -0.495 e. The minimum atomic E-state index is -4.01. The molecule has 0 bridgehead atoms. The second-order valence-corrected chi connectivity index (χ2v) is 9.63. The Kier molecular flexibility index (Phi) is 7.20. The summed E-state index contributed by atoms with van der Waals surface area (Å²) in [7, 11) is -2.54. The fourth-order valence-corrected chi connectivity index (χ4v) is 4.76. The highest BCUT2D eigenvalue weighted by atomic mass is 32.2. The Morgan fingerprint density at radius 2 is 1.56 bits per heavy atom. The van der Waals surface area contributed by atoms with E-state index in [2.05, 4.69) is 5.32 Å². The first-order valence-electron chi connectivity index (χ1n) is 10.3. The van der Waals surface area contributed by atoms with Crippen molar-refractivity contribution >= 4 is 21.6 Å². The number of carbonyl (C=O) groups is 1. The Morgan fingerprint density at radius 3 is 2.22 bits per heavy atom. The molecule has 0 saturated heterocycles. The average Bonchev–Trinajstić information content (AvgIpc) is 2.76. The van der Waals surface area contributed by atoms with Gasteiger partial charge in [-0.15, -0.1) is 0 Å². The van der Waals surface area contributed by atoms with Crippen LogP contribution in [0.2, 0.25) is 0 Å². The molecular weight excluding hydrogens is 424 g/mol. The van der Waals surface area contributed by atoms with Crippen molar-refractivity contribution in [2.45, 2.75) is 32.2 Å². The zero-order valence-corrected chi connectivity index (χ0v) is 19.6. The molecule has 0 aliphatic rings. The summed E-state index contributed by atoms with van der Waals surface area (Å²) >= 11 is 0. The van der Waals surface area contributed by atoms with Crippen LogP contribution < -0.4 is 14.4 Å². The summed E-state index contributed by atoms with van der Waals surface area (Å²) in [5.41, 5.74) is 4.15. The summed E-state index contributed by atoms with van der Waals surface area (Å²) in [6.07, 6.45) is 0. The topological polar surface area (TPSA) is 75.7 Å². The molecule has 0 saturated carbocycles. The van der Waals surface area contributed by atoms with Crippen LogP contribution in [0.4, 0.5) is 5.69 Å². The number of anilines is 1. The van der Waals surface area contributed by atoms with Crippen molar-refractivity contribution in [1.82, 2.24) is 5.32 Å². The quantitative estimate of drug-likeness (QED) is 0.558. The number of nitrogens with one attached hydrogen (secondary N) is 1. The van der Waals surface area contributed by atoms with Gasteiger partial charge in [0, 0.05) is 6.54 Å². The van der Waals surface area contributed by atoms with E-state index in [0.717, 1.165) is 26.6 Å². The van der Waals surface area contributed by atoms with Crippen LogP contribution in [0.25, 0.3) is 0 Å². The zero-order chi connectivity index (χ0) is 23.3. The van der Waals surface area contributed by atoms with E-state index < -0.39 is 15.9 Å². The molecule has 1 N–H and O–H groups in total. The molecular formula is C25H28N2O4S. The van der Waals surface area contributed by atoms with E-state index in [9.17, 15) is 13.2 Å². The molecule has 3 aromatic rings. The van der Waals surface area contributed by atoms with Gasteiger partial charge in [-0.3, -0.25) is 9.10 Å².